The lowest BCUT2D eigenvalue weighted by Gasteiger charge is -2.35. The molecule has 3 aromatic rings. The van der Waals surface area contributed by atoms with Gasteiger partial charge in [0, 0.05) is 36.9 Å². The molecule has 1 aliphatic rings. The minimum atomic E-state index is -1.02. The van der Waals surface area contributed by atoms with Gasteiger partial charge in [-0.1, -0.05) is 17.7 Å². The number of benzene rings is 1. The number of piperazine rings is 1. The van der Waals surface area contributed by atoms with E-state index in [9.17, 15) is 4.79 Å². The molecule has 3 heterocycles. The van der Waals surface area contributed by atoms with Crippen LogP contribution in [0, 0.1) is 13.8 Å². The molecule has 1 saturated heterocycles. The fraction of sp³-hybridized carbons (Fsp3) is 0.318. The van der Waals surface area contributed by atoms with Gasteiger partial charge in [-0.2, -0.15) is 0 Å². The first-order valence-corrected chi connectivity index (χ1v) is 9.86. The van der Waals surface area contributed by atoms with Crippen molar-refractivity contribution in [1.82, 2.24) is 4.90 Å². The molecule has 0 atom stereocenters. The van der Waals surface area contributed by atoms with E-state index >= 15 is 0 Å². The van der Waals surface area contributed by atoms with Gasteiger partial charge >= 0.3 is 5.97 Å². The van der Waals surface area contributed by atoms with Crippen molar-refractivity contribution in [2.24, 2.45) is 0 Å². The van der Waals surface area contributed by atoms with E-state index in [4.69, 9.17) is 25.5 Å². The number of furan rings is 2. The standard InChI is InChI=1S/C16H19ClN2O.C6H6O3/c1-13-5-6-16(20-13)12-18-7-9-19(10-8-18)15-4-2-3-14(17)11-15;1-4-2-3-5(9-4)6(7)8/h2-6,11H,7-10,12H2,1H3;2-3H,1H3,(H,7,8). The van der Waals surface area contributed by atoms with E-state index in [2.05, 4.69) is 21.9 Å². The van der Waals surface area contributed by atoms with Crippen molar-refractivity contribution < 1.29 is 18.7 Å². The normalized spacial score (nSPS) is 14.4. The Hall–Kier alpha value is -2.70. The molecule has 0 amide bonds. The summed E-state index contributed by atoms with van der Waals surface area (Å²) in [6.45, 7) is 8.74. The Balaban J connectivity index is 0.000000224. The maximum absolute atomic E-state index is 10.1. The van der Waals surface area contributed by atoms with Crippen LogP contribution in [0.5, 0.6) is 0 Å². The summed E-state index contributed by atoms with van der Waals surface area (Å²) >= 11 is 6.05. The number of rotatable bonds is 4. The van der Waals surface area contributed by atoms with Gasteiger partial charge in [-0.25, -0.2) is 4.79 Å². The minimum Gasteiger partial charge on any atom is -0.475 e. The minimum absolute atomic E-state index is 0.00694. The zero-order valence-electron chi connectivity index (χ0n) is 16.6. The zero-order chi connectivity index (χ0) is 20.8. The van der Waals surface area contributed by atoms with E-state index in [1.54, 1.807) is 13.0 Å². The van der Waals surface area contributed by atoms with E-state index < -0.39 is 5.97 Å². The molecule has 0 spiro atoms. The lowest BCUT2D eigenvalue weighted by atomic mass is 10.2. The average molecular weight is 417 g/mol. The van der Waals surface area contributed by atoms with Crippen LogP contribution in [0.4, 0.5) is 5.69 Å². The molecule has 154 valence electrons. The molecule has 6 nitrogen and oxygen atoms in total. The summed E-state index contributed by atoms with van der Waals surface area (Å²) < 4.78 is 10.4. The quantitative estimate of drug-likeness (QED) is 0.655. The molecule has 2 aromatic heterocycles. The van der Waals surface area contributed by atoms with Gasteiger partial charge in [0.2, 0.25) is 5.76 Å². The molecule has 7 heteroatoms. The van der Waals surface area contributed by atoms with Crippen LogP contribution in [0.1, 0.15) is 27.8 Å². The van der Waals surface area contributed by atoms with E-state index in [-0.39, 0.29) is 5.76 Å². The van der Waals surface area contributed by atoms with Crippen molar-refractivity contribution >= 4 is 23.3 Å². The van der Waals surface area contributed by atoms with E-state index in [0.717, 1.165) is 49.3 Å². The number of carboxylic acids is 1. The molecule has 1 aliphatic heterocycles. The summed E-state index contributed by atoms with van der Waals surface area (Å²) in [7, 11) is 0. The molecule has 0 bridgehead atoms. The molecule has 29 heavy (non-hydrogen) atoms. The zero-order valence-corrected chi connectivity index (χ0v) is 17.4. The number of halogens is 1. The predicted octanol–water partition coefficient (Wildman–Crippen LogP) is 4.85. The van der Waals surface area contributed by atoms with Gasteiger partial charge in [0.15, 0.2) is 0 Å². The second-order valence-corrected chi connectivity index (χ2v) is 7.41. The number of aryl methyl sites for hydroxylation is 2. The highest BCUT2D eigenvalue weighted by Crippen LogP contribution is 2.21. The van der Waals surface area contributed by atoms with Crippen LogP contribution in [0.2, 0.25) is 5.02 Å². The summed E-state index contributed by atoms with van der Waals surface area (Å²) in [5.74, 6) is 1.62. The Morgan fingerprint density at radius 3 is 2.21 bits per heavy atom. The third-order valence-electron chi connectivity index (χ3n) is 4.67. The van der Waals surface area contributed by atoms with Gasteiger partial charge in [0.05, 0.1) is 6.54 Å². The SMILES string of the molecule is Cc1ccc(C(=O)O)o1.Cc1ccc(CN2CCN(c3cccc(Cl)c3)CC2)o1. The number of aromatic carboxylic acids is 1. The maximum Gasteiger partial charge on any atom is 0.371 e. The third kappa shape index (κ3) is 6.14. The monoisotopic (exact) mass is 416 g/mol. The number of carbonyl (C=O) groups is 1. The summed E-state index contributed by atoms with van der Waals surface area (Å²) in [6, 6.07) is 15.2. The van der Waals surface area contributed by atoms with Crippen molar-refractivity contribution in [2.45, 2.75) is 20.4 Å². The van der Waals surface area contributed by atoms with Crippen molar-refractivity contribution in [1.29, 1.82) is 0 Å². The number of hydrogen-bond acceptors (Lipinski definition) is 5. The van der Waals surface area contributed by atoms with Crippen LogP contribution in [0.3, 0.4) is 0 Å². The molecule has 0 radical (unpaired) electrons. The maximum atomic E-state index is 10.1. The first kappa shape index (κ1) is 21.0. The topological polar surface area (TPSA) is 70.1 Å². The highest BCUT2D eigenvalue weighted by Gasteiger charge is 2.18. The highest BCUT2D eigenvalue weighted by atomic mass is 35.5. The second kappa shape index (κ2) is 9.67. The van der Waals surface area contributed by atoms with Crippen LogP contribution < -0.4 is 4.90 Å². The molecule has 1 N–H and O–H groups in total. The predicted molar refractivity (Wildman–Crippen MR) is 113 cm³/mol. The molecule has 1 fully saturated rings. The smallest absolute Gasteiger partial charge is 0.371 e. The molecule has 4 rings (SSSR count). The Bertz CT molecular complexity index is 942. The van der Waals surface area contributed by atoms with Gasteiger partial charge in [0.1, 0.15) is 17.3 Å². The Morgan fingerprint density at radius 1 is 1.00 bits per heavy atom. The molecular weight excluding hydrogens is 392 g/mol. The van der Waals surface area contributed by atoms with Crippen molar-refractivity contribution in [3.8, 4) is 0 Å². The van der Waals surface area contributed by atoms with Crippen molar-refractivity contribution in [3.63, 3.8) is 0 Å². The van der Waals surface area contributed by atoms with Gasteiger partial charge in [-0.05, 0) is 56.3 Å². The number of anilines is 1. The summed E-state index contributed by atoms with van der Waals surface area (Å²) in [5.41, 5.74) is 1.21. The van der Waals surface area contributed by atoms with Crippen LogP contribution in [-0.4, -0.2) is 42.2 Å². The molecule has 0 saturated carbocycles. The fourth-order valence-electron chi connectivity index (χ4n) is 3.18. The summed E-state index contributed by atoms with van der Waals surface area (Å²) in [5, 5.41) is 9.11. The van der Waals surface area contributed by atoms with Gasteiger partial charge in [0.25, 0.3) is 0 Å². The number of nitrogens with zero attached hydrogens (tertiary/aromatic N) is 2. The summed E-state index contributed by atoms with van der Waals surface area (Å²) in [4.78, 5) is 14.9. The molecule has 0 unspecified atom stereocenters. The fourth-order valence-corrected chi connectivity index (χ4v) is 3.36. The molecule has 0 aliphatic carbocycles. The van der Waals surface area contributed by atoms with E-state index in [1.807, 2.05) is 31.2 Å². The molecular formula is C22H25ClN2O4. The van der Waals surface area contributed by atoms with Crippen molar-refractivity contribution in [3.05, 3.63) is 76.6 Å². The van der Waals surface area contributed by atoms with Gasteiger partial charge in [-0.3, -0.25) is 4.90 Å². The Kier molecular flexibility index (Phi) is 7.01. The lowest BCUT2D eigenvalue weighted by molar-refractivity contribution is 0.0661. The van der Waals surface area contributed by atoms with Gasteiger partial charge in [-0.15, -0.1) is 0 Å². The van der Waals surface area contributed by atoms with Crippen LogP contribution in [-0.2, 0) is 6.54 Å². The largest absolute Gasteiger partial charge is 0.475 e. The highest BCUT2D eigenvalue weighted by molar-refractivity contribution is 6.30. The van der Waals surface area contributed by atoms with Gasteiger partial charge < -0.3 is 18.8 Å². The van der Waals surface area contributed by atoms with Crippen LogP contribution in [0.15, 0.2) is 57.4 Å². The first-order valence-electron chi connectivity index (χ1n) is 9.48. The van der Waals surface area contributed by atoms with E-state index in [0.29, 0.717) is 5.76 Å². The number of carboxylic acid groups (broad SMARTS) is 1. The summed E-state index contributed by atoms with van der Waals surface area (Å²) in [6.07, 6.45) is 0. The van der Waals surface area contributed by atoms with Crippen molar-refractivity contribution in [2.75, 3.05) is 31.1 Å². The Morgan fingerprint density at radius 2 is 1.69 bits per heavy atom. The van der Waals surface area contributed by atoms with Crippen LogP contribution >= 0.6 is 11.6 Å². The first-order chi connectivity index (χ1) is 13.9. The average Bonchev–Trinajstić information content (AvgIpc) is 3.31. The van der Waals surface area contributed by atoms with E-state index in [1.165, 1.54) is 11.8 Å². The molecule has 1 aromatic carbocycles. The third-order valence-corrected chi connectivity index (χ3v) is 4.91. The van der Waals surface area contributed by atoms with Crippen LogP contribution in [0.25, 0.3) is 0 Å². The number of hydrogen-bond donors (Lipinski definition) is 1. The Labute approximate surface area is 175 Å². The second-order valence-electron chi connectivity index (χ2n) is 6.97. The lowest BCUT2D eigenvalue weighted by Crippen LogP contribution is -2.45.